The SMILES string of the molecule is COc1ccc(Nc2nc(Nc3cc(C)ccc3C)c3nccnc3n2)cc1Cl. The molecule has 0 radical (unpaired) electrons. The molecule has 0 aliphatic rings. The summed E-state index contributed by atoms with van der Waals surface area (Å²) < 4.78 is 5.19. The first-order chi connectivity index (χ1) is 14.0. The predicted molar refractivity (Wildman–Crippen MR) is 116 cm³/mol. The lowest BCUT2D eigenvalue weighted by atomic mass is 10.1. The fourth-order valence-electron chi connectivity index (χ4n) is 2.88. The lowest BCUT2D eigenvalue weighted by Crippen LogP contribution is -2.05. The van der Waals surface area contributed by atoms with Crippen LogP contribution in [-0.2, 0) is 0 Å². The Hall–Kier alpha value is -3.45. The lowest BCUT2D eigenvalue weighted by Gasteiger charge is -2.13. The van der Waals surface area contributed by atoms with Crippen molar-refractivity contribution < 1.29 is 4.74 Å². The van der Waals surface area contributed by atoms with E-state index in [1.165, 1.54) is 0 Å². The maximum atomic E-state index is 6.22. The van der Waals surface area contributed by atoms with Crippen molar-refractivity contribution in [1.82, 2.24) is 19.9 Å². The van der Waals surface area contributed by atoms with Crippen LogP contribution in [0.15, 0.2) is 48.8 Å². The van der Waals surface area contributed by atoms with Crippen LogP contribution in [0.4, 0.5) is 23.1 Å². The van der Waals surface area contributed by atoms with Gasteiger partial charge in [-0.1, -0.05) is 23.7 Å². The number of nitrogens with one attached hydrogen (secondary N) is 2. The molecule has 0 saturated heterocycles. The van der Waals surface area contributed by atoms with Crippen molar-refractivity contribution in [3.63, 3.8) is 0 Å². The summed E-state index contributed by atoms with van der Waals surface area (Å²) in [5.74, 6) is 1.55. The number of hydrogen-bond donors (Lipinski definition) is 2. The zero-order valence-electron chi connectivity index (χ0n) is 16.2. The molecule has 2 aromatic heterocycles. The summed E-state index contributed by atoms with van der Waals surface area (Å²) in [5.41, 5.74) is 5.01. The van der Waals surface area contributed by atoms with Gasteiger partial charge < -0.3 is 15.4 Å². The Bertz CT molecular complexity index is 1200. The zero-order valence-corrected chi connectivity index (χ0v) is 16.9. The van der Waals surface area contributed by atoms with Crippen molar-refractivity contribution in [3.8, 4) is 5.75 Å². The molecule has 0 atom stereocenters. The molecule has 4 rings (SSSR count). The van der Waals surface area contributed by atoms with Gasteiger partial charge in [-0.2, -0.15) is 9.97 Å². The molecule has 2 aromatic carbocycles. The number of methoxy groups -OCH3 is 1. The molecule has 7 nitrogen and oxygen atoms in total. The Morgan fingerprint density at radius 2 is 1.76 bits per heavy atom. The third-order valence-corrected chi connectivity index (χ3v) is 4.68. The number of halogens is 1. The van der Waals surface area contributed by atoms with Crippen molar-refractivity contribution in [1.29, 1.82) is 0 Å². The first-order valence-corrected chi connectivity index (χ1v) is 9.35. The highest BCUT2D eigenvalue weighted by Gasteiger charge is 2.12. The molecule has 0 fully saturated rings. The van der Waals surface area contributed by atoms with E-state index in [1.54, 1.807) is 31.6 Å². The Morgan fingerprint density at radius 3 is 2.55 bits per heavy atom. The van der Waals surface area contributed by atoms with Gasteiger partial charge in [-0.05, 0) is 49.2 Å². The second kappa shape index (κ2) is 7.89. The molecule has 0 aliphatic heterocycles. The lowest BCUT2D eigenvalue weighted by molar-refractivity contribution is 0.415. The van der Waals surface area contributed by atoms with Gasteiger partial charge in [0.15, 0.2) is 17.0 Å². The van der Waals surface area contributed by atoms with Crippen LogP contribution in [-0.4, -0.2) is 27.0 Å². The molecule has 0 aliphatic carbocycles. The minimum absolute atomic E-state index is 0.382. The molecule has 8 heteroatoms. The van der Waals surface area contributed by atoms with E-state index in [4.69, 9.17) is 16.3 Å². The second-order valence-corrected chi connectivity index (χ2v) is 6.95. The molecular weight excluding hydrogens is 388 g/mol. The highest BCUT2D eigenvalue weighted by atomic mass is 35.5. The second-order valence-electron chi connectivity index (χ2n) is 6.54. The van der Waals surface area contributed by atoms with Crippen LogP contribution in [0.2, 0.25) is 5.02 Å². The van der Waals surface area contributed by atoms with Crippen molar-refractivity contribution in [3.05, 3.63) is 64.9 Å². The number of nitrogens with zero attached hydrogens (tertiary/aromatic N) is 4. The highest BCUT2D eigenvalue weighted by molar-refractivity contribution is 6.32. The van der Waals surface area contributed by atoms with Crippen LogP contribution in [0.1, 0.15) is 11.1 Å². The summed E-state index contributed by atoms with van der Waals surface area (Å²) in [6.45, 7) is 4.08. The van der Waals surface area contributed by atoms with Gasteiger partial charge in [0, 0.05) is 23.8 Å². The largest absolute Gasteiger partial charge is 0.495 e. The van der Waals surface area contributed by atoms with Crippen molar-refractivity contribution in [2.75, 3.05) is 17.7 Å². The summed E-state index contributed by atoms with van der Waals surface area (Å²) in [7, 11) is 1.57. The number of aryl methyl sites for hydroxylation is 2. The Balaban J connectivity index is 1.74. The summed E-state index contributed by atoms with van der Waals surface area (Å²) in [5, 5.41) is 7.03. The fraction of sp³-hybridized carbons (Fsp3) is 0.143. The Kier molecular flexibility index (Phi) is 5.14. The molecule has 0 bridgehead atoms. The third-order valence-electron chi connectivity index (χ3n) is 4.39. The zero-order chi connectivity index (χ0) is 20.4. The number of anilines is 4. The van der Waals surface area contributed by atoms with E-state index in [0.29, 0.717) is 33.7 Å². The van der Waals surface area contributed by atoms with Crippen molar-refractivity contribution >= 4 is 45.9 Å². The Morgan fingerprint density at radius 1 is 0.931 bits per heavy atom. The first-order valence-electron chi connectivity index (χ1n) is 8.97. The molecule has 146 valence electrons. The van der Waals surface area contributed by atoms with E-state index in [2.05, 4.69) is 48.8 Å². The molecule has 0 spiro atoms. The van der Waals surface area contributed by atoms with Gasteiger partial charge in [-0.25, -0.2) is 9.97 Å². The minimum atomic E-state index is 0.382. The topological polar surface area (TPSA) is 84.9 Å². The van der Waals surface area contributed by atoms with Gasteiger partial charge in [0.05, 0.1) is 12.1 Å². The van der Waals surface area contributed by atoms with Crippen LogP contribution in [0.25, 0.3) is 11.2 Å². The third kappa shape index (κ3) is 4.05. The standard InChI is InChI=1S/C21H19ClN6O/c1-12-4-5-13(2)16(10-12)26-20-18-19(24-9-8-23-18)27-21(28-20)25-14-6-7-17(29-3)15(22)11-14/h4-11H,1-3H3,(H2,24,25,26,27,28). The van der Waals surface area contributed by atoms with Crippen molar-refractivity contribution in [2.45, 2.75) is 13.8 Å². The van der Waals surface area contributed by atoms with Crippen LogP contribution in [0.3, 0.4) is 0 Å². The van der Waals surface area contributed by atoms with E-state index in [0.717, 1.165) is 22.5 Å². The van der Waals surface area contributed by atoms with Crippen LogP contribution in [0, 0.1) is 13.8 Å². The summed E-state index contributed by atoms with van der Waals surface area (Å²) in [4.78, 5) is 17.8. The van der Waals surface area contributed by atoms with Crippen LogP contribution < -0.4 is 15.4 Å². The van der Waals surface area contributed by atoms with Crippen molar-refractivity contribution in [2.24, 2.45) is 0 Å². The van der Waals surface area contributed by atoms with Gasteiger partial charge in [0.25, 0.3) is 0 Å². The van der Waals surface area contributed by atoms with Crippen LogP contribution >= 0.6 is 11.6 Å². The molecule has 29 heavy (non-hydrogen) atoms. The van der Waals surface area contributed by atoms with Gasteiger partial charge in [0.1, 0.15) is 5.75 Å². The average Bonchev–Trinajstić information content (AvgIpc) is 2.71. The number of aromatic nitrogens is 4. The van der Waals surface area contributed by atoms with Crippen LogP contribution in [0.5, 0.6) is 5.75 Å². The summed E-state index contributed by atoms with van der Waals surface area (Å²) >= 11 is 6.22. The van der Waals surface area contributed by atoms with E-state index in [-0.39, 0.29) is 0 Å². The molecule has 0 unspecified atom stereocenters. The molecule has 2 N–H and O–H groups in total. The highest BCUT2D eigenvalue weighted by Crippen LogP contribution is 2.30. The number of ether oxygens (including phenoxy) is 1. The van der Waals surface area contributed by atoms with Gasteiger partial charge in [0.2, 0.25) is 5.95 Å². The minimum Gasteiger partial charge on any atom is -0.495 e. The number of rotatable bonds is 5. The molecule has 4 aromatic rings. The van der Waals surface area contributed by atoms with Gasteiger partial charge in [-0.15, -0.1) is 0 Å². The molecule has 2 heterocycles. The van der Waals surface area contributed by atoms with E-state index >= 15 is 0 Å². The van der Waals surface area contributed by atoms with Gasteiger partial charge >= 0.3 is 0 Å². The smallest absolute Gasteiger partial charge is 0.231 e. The van der Waals surface area contributed by atoms with Gasteiger partial charge in [-0.3, -0.25) is 0 Å². The summed E-state index contributed by atoms with van der Waals surface area (Å²) in [6.07, 6.45) is 3.22. The number of benzene rings is 2. The van der Waals surface area contributed by atoms with E-state index < -0.39 is 0 Å². The molecule has 0 saturated carbocycles. The molecular formula is C21H19ClN6O. The first kappa shape index (κ1) is 18.9. The molecule has 0 amide bonds. The average molecular weight is 407 g/mol. The van der Waals surface area contributed by atoms with E-state index in [1.807, 2.05) is 19.9 Å². The Labute approximate surface area is 173 Å². The number of hydrogen-bond acceptors (Lipinski definition) is 7. The number of fused-ring (bicyclic) bond motifs is 1. The van der Waals surface area contributed by atoms with E-state index in [9.17, 15) is 0 Å². The predicted octanol–water partition coefficient (Wildman–Crippen LogP) is 5.19. The monoisotopic (exact) mass is 406 g/mol. The normalized spacial score (nSPS) is 10.8. The quantitative estimate of drug-likeness (QED) is 0.472. The maximum Gasteiger partial charge on any atom is 0.231 e. The maximum absolute atomic E-state index is 6.22. The fourth-order valence-corrected chi connectivity index (χ4v) is 3.14. The summed E-state index contributed by atoms with van der Waals surface area (Å²) in [6, 6.07) is 11.6.